The Balaban J connectivity index is 2.48. The number of aromatic amines is 2. The molecule has 2 N–H and O–H groups in total. The lowest BCUT2D eigenvalue weighted by molar-refractivity contribution is 0.794. The van der Waals surface area contributed by atoms with Crippen molar-refractivity contribution in [3.63, 3.8) is 0 Å². The Hall–Kier alpha value is -2.56. The molecule has 5 heteroatoms. The van der Waals surface area contributed by atoms with Gasteiger partial charge in [0.1, 0.15) is 0 Å². The van der Waals surface area contributed by atoms with Crippen LogP contribution in [0.5, 0.6) is 0 Å². The van der Waals surface area contributed by atoms with Crippen LogP contribution in [0.2, 0.25) is 0 Å². The summed E-state index contributed by atoms with van der Waals surface area (Å²) < 4.78 is 1.08. The number of aromatic nitrogens is 3. The van der Waals surface area contributed by atoms with E-state index >= 15 is 0 Å². The number of fused-ring (bicyclic) bond motifs is 1. The summed E-state index contributed by atoms with van der Waals surface area (Å²) in [5.74, 6) is 0. The van der Waals surface area contributed by atoms with Crippen LogP contribution in [-0.2, 0) is 7.05 Å². The Morgan fingerprint density at radius 2 is 1.74 bits per heavy atom. The lowest BCUT2D eigenvalue weighted by atomic mass is 10.1. The molecule has 19 heavy (non-hydrogen) atoms. The molecule has 0 fully saturated rings. The number of aryl methyl sites for hydroxylation is 1. The summed E-state index contributed by atoms with van der Waals surface area (Å²) in [6.45, 7) is 1.83. The quantitative estimate of drug-likeness (QED) is 0.692. The van der Waals surface area contributed by atoms with Crippen LogP contribution >= 0.6 is 0 Å². The fourth-order valence-corrected chi connectivity index (χ4v) is 2.29. The number of H-pyrrole nitrogens is 2. The van der Waals surface area contributed by atoms with Gasteiger partial charge in [-0.05, 0) is 6.92 Å². The molecule has 2 heterocycles. The normalized spacial score (nSPS) is 11.1. The lowest BCUT2D eigenvalue weighted by Crippen LogP contribution is -2.32. The first-order valence-corrected chi connectivity index (χ1v) is 5.96. The molecule has 0 amide bonds. The van der Waals surface area contributed by atoms with Crippen molar-refractivity contribution in [2.75, 3.05) is 0 Å². The minimum absolute atomic E-state index is 0.283. The van der Waals surface area contributed by atoms with Crippen LogP contribution in [0.25, 0.3) is 22.2 Å². The monoisotopic (exact) mass is 255 g/mol. The van der Waals surface area contributed by atoms with Crippen LogP contribution in [0.1, 0.15) is 5.69 Å². The molecule has 5 nitrogen and oxygen atoms in total. The summed E-state index contributed by atoms with van der Waals surface area (Å²) in [7, 11) is 1.47. The molecule has 1 aromatic carbocycles. The van der Waals surface area contributed by atoms with E-state index in [1.54, 1.807) is 0 Å². The zero-order valence-corrected chi connectivity index (χ0v) is 10.7. The van der Waals surface area contributed by atoms with Crippen molar-refractivity contribution in [2.45, 2.75) is 6.92 Å². The maximum absolute atomic E-state index is 12.1. The first-order valence-electron chi connectivity index (χ1n) is 5.96. The number of rotatable bonds is 1. The van der Waals surface area contributed by atoms with E-state index in [9.17, 15) is 9.59 Å². The maximum Gasteiger partial charge on any atom is 0.328 e. The van der Waals surface area contributed by atoms with Crippen molar-refractivity contribution in [3.8, 4) is 11.3 Å². The minimum atomic E-state index is -0.409. The standard InChI is InChI=1S/C14H13N3O2/c1-8-10-12(16-14(19)17(2)13(10)18)11(15-8)9-6-4-3-5-7-9/h3-7,15H,1-2H3,(H,16,19). The lowest BCUT2D eigenvalue weighted by Gasteiger charge is -2.00. The van der Waals surface area contributed by atoms with Gasteiger partial charge in [-0.15, -0.1) is 0 Å². The highest BCUT2D eigenvalue weighted by Crippen LogP contribution is 2.25. The molecule has 2 aromatic heterocycles. The molecule has 0 aliphatic heterocycles. The fourth-order valence-electron chi connectivity index (χ4n) is 2.29. The molecule has 0 saturated heterocycles. The largest absolute Gasteiger partial charge is 0.356 e. The van der Waals surface area contributed by atoms with Crippen molar-refractivity contribution in [2.24, 2.45) is 7.05 Å². The van der Waals surface area contributed by atoms with Gasteiger partial charge in [-0.3, -0.25) is 9.36 Å². The first-order chi connectivity index (χ1) is 9.09. The maximum atomic E-state index is 12.1. The SMILES string of the molecule is Cc1[nH]c(-c2ccccc2)c2[nH]c(=O)n(C)c(=O)c12. The molecule has 3 aromatic rings. The Kier molecular flexibility index (Phi) is 2.41. The van der Waals surface area contributed by atoms with E-state index in [0.717, 1.165) is 21.5 Å². The van der Waals surface area contributed by atoms with E-state index < -0.39 is 5.69 Å². The third-order valence-corrected chi connectivity index (χ3v) is 3.31. The molecule has 0 aliphatic rings. The van der Waals surface area contributed by atoms with Crippen LogP contribution in [-0.4, -0.2) is 14.5 Å². The summed E-state index contributed by atoms with van der Waals surface area (Å²) in [6, 6.07) is 9.61. The van der Waals surface area contributed by atoms with Gasteiger partial charge in [-0.25, -0.2) is 4.79 Å². The zero-order valence-electron chi connectivity index (χ0n) is 10.7. The fraction of sp³-hybridized carbons (Fsp3) is 0.143. The second-order valence-electron chi connectivity index (χ2n) is 4.54. The average Bonchev–Trinajstić information content (AvgIpc) is 2.74. The molecule has 3 rings (SSSR count). The second kappa shape index (κ2) is 3.98. The first kappa shape index (κ1) is 11.5. The van der Waals surface area contributed by atoms with Crippen molar-refractivity contribution in [1.29, 1.82) is 0 Å². The van der Waals surface area contributed by atoms with Crippen molar-refractivity contribution in [3.05, 3.63) is 56.9 Å². The van der Waals surface area contributed by atoms with Gasteiger partial charge in [0.2, 0.25) is 0 Å². The smallest absolute Gasteiger partial charge is 0.328 e. The summed E-state index contributed by atoms with van der Waals surface area (Å²) in [4.78, 5) is 29.8. The molecule has 0 radical (unpaired) electrons. The molecule has 96 valence electrons. The Morgan fingerprint density at radius 3 is 2.42 bits per heavy atom. The van der Waals surface area contributed by atoms with E-state index in [4.69, 9.17) is 0 Å². The summed E-state index contributed by atoms with van der Waals surface area (Å²) in [5, 5.41) is 0.529. The Morgan fingerprint density at radius 1 is 1.05 bits per heavy atom. The highest BCUT2D eigenvalue weighted by Gasteiger charge is 2.14. The molecule has 0 saturated carbocycles. The minimum Gasteiger partial charge on any atom is -0.356 e. The molecule has 0 bridgehead atoms. The van der Waals surface area contributed by atoms with Gasteiger partial charge in [-0.2, -0.15) is 0 Å². The highest BCUT2D eigenvalue weighted by molar-refractivity contribution is 5.93. The van der Waals surface area contributed by atoms with E-state index in [1.165, 1.54) is 7.05 Å². The van der Waals surface area contributed by atoms with E-state index in [0.29, 0.717) is 10.9 Å². The topological polar surface area (TPSA) is 70.7 Å². The van der Waals surface area contributed by atoms with Gasteiger partial charge in [0.05, 0.1) is 16.6 Å². The predicted octanol–water partition coefficient (Wildman–Crippen LogP) is 1.53. The van der Waals surface area contributed by atoms with Crippen LogP contribution in [0, 0.1) is 6.92 Å². The summed E-state index contributed by atoms with van der Waals surface area (Å²) >= 11 is 0. The molecular formula is C14H13N3O2. The van der Waals surface area contributed by atoms with Gasteiger partial charge in [0, 0.05) is 18.3 Å². The van der Waals surface area contributed by atoms with E-state index in [2.05, 4.69) is 9.97 Å². The van der Waals surface area contributed by atoms with E-state index in [-0.39, 0.29) is 5.56 Å². The van der Waals surface area contributed by atoms with Crippen LogP contribution in [0.15, 0.2) is 39.9 Å². The van der Waals surface area contributed by atoms with Gasteiger partial charge < -0.3 is 9.97 Å². The summed E-state index contributed by atoms with van der Waals surface area (Å²) in [6.07, 6.45) is 0. The third-order valence-electron chi connectivity index (χ3n) is 3.31. The van der Waals surface area contributed by atoms with Crippen LogP contribution < -0.4 is 11.2 Å². The van der Waals surface area contributed by atoms with Gasteiger partial charge in [0.25, 0.3) is 5.56 Å². The molecule has 0 unspecified atom stereocenters. The Labute approximate surface area is 108 Å². The molecule has 0 spiro atoms. The average molecular weight is 255 g/mol. The Bertz CT molecular complexity index is 869. The number of nitrogens with zero attached hydrogens (tertiary/aromatic N) is 1. The molecule has 0 aliphatic carbocycles. The van der Waals surface area contributed by atoms with Crippen LogP contribution in [0.4, 0.5) is 0 Å². The predicted molar refractivity (Wildman–Crippen MR) is 74.3 cm³/mol. The van der Waals surface area contributed by atoms with Gasteiger partial charge >= 0.3 is 5.69 Å². The molecule has 0 atom stereocenters. The van der Waals surface area contributed by atoms with Crippen LogP contribution in [0.3, 0.4) is 0 Å². The number of hydrogen-bond donors (Lipinski definition) is 2. The van der Waals surface area contributed by atoms with Crippen molar-refractivity contribution in [1.82, 2.24) is 14.5 Å². The highest BCUT2D eigenvalue weighted by atomic mass is 16.2. The number of benzene rings is 1. The summed E-state index contributed by atoms with van der Waals surface area (Å²) in [5.41, 5.74) is 2.33. The van der Waals surface area contributed by atoms with Gasteiger partial charge in [0.15, 0.2) is 0 Å². The zero-order chi connectivity index (χ0) is 13.6. The van der Waals surface area contributed by atoms with Crippen molar-refractivity contribution >= 4 is 10.9 Å². The van der Waals surface area contributed by atoms with Crippen molar-refractivity contribution < 1.29 is 0 Å². The number of hydrogen-bond acceptors (Lipinski definition) is 2. The second-order valence-corrected chi connectivity index (χ2v) is 4.54. The molecular weight excluding hydrogens is 242 g/mol. The van der Waals surface area contributed by atoms with E-state index in [1.807, 2.05) is 37.3 Å². The number of nitrogens with one attached hydrogen (secondary N) is 2. The third kappa shape index (κ3) is 1.62. The van der Waals surface area contributed by atoms with Gasteiger partial charge in [-0.1, -0.05) is 30.3 Å².